The van der Waals surface area contributed by atoms with E-state index in [0.29, 0.717) is 28.9 Å². The second kappa shape index (κ2) is 6.40. The molecule has 3 heterocycles. The first-order valence-corrected chi connectivity index (χ1v) is 8.99. The number of halogens is 2. The molecule has 0 radical (unpaired) electrons. The average Bonchev–Trinajstić information content (AvgIpc) is 2.84. The first kappa shape index (κ1) is 19.1. The maximum Gasteiger partial charge on any atom is 0.387 e. The molecule has 2 aliphatic rings. The zero-order valence-corrected chi connectivity index (χ0v) is 16.1. The molecule has 1 aromatic carbocycles. The third kappa shape index (κ3) is 3.16. The van der Waals surface area contributed by atoms with Gasteiger partial charge >= 0.3 is 6.61 Å². The van der Waals surface area contributed by atoms with E-state index in [0.717, 1.165) is 0 Å². The van der Waals surface area contributed by atoms with E-state index in [2.05, 4.69) is 14.7 Å². The summed E-state index contributed by atoms with van der Waals surface area (Å²) in [6.45, 7) is 0.828. The molecule has 0 fully saturated rings. The summed E-state index contributed by atoms with van der Waals surface area (Å²) < 4.78 is 35.6. The van der Waals surface area contributed by atoms with E-state index in [4.69, 9.17) is 10.5 Å². The van der Waals surface area contributed by atoms with Crippen LogP contribution in [0.5, 0.6) is 11.5 Å². The molecule has 29 heavy (non-hydrogen) atoms. The summed E-state index contributed by atoms with van der Waals surface area (Å²) in [5, 5.41) is 0. The van der Waals surface area contributed by atoms with Gasteiger partial charge in [-0.3, -0.25) is 14.7 Å². The van der Waals surface area contributed by atoms with Crippen molar-refractivity contribution >= 4 is 11.9 Å². The van der Waals surface area contributed by atoms with Crippen LogP contribution < -0.4 is 15.2 Å². The number of carbonyl (C=O) groups excluding carboxylic acids is 1. The minimum atomic E-state index is -2.95. The highest BCUT2D eigenvalue weighted by Crippen LogP contribution is 2.49. The highest BCUT2D eigenvalue weighted by Gasteiger charge is 2.55. The van der Waals surface area contributed by atoms with Crippen molar-refractivity contribution in [2.45, 2.75) is 38.0 Å². The third-order valence-corrected chi connectivity index (χ3v) is 5.07. The number of hydrogen-bond donors (Lipinski definition) is 1. The largest absolute Gasteiger partial charge is 0.487 e. The van der Waals surface area contributed by atoms with E-state index in [-0.39, 0.29) is 17.6 Å². The van der Waals surface area contributed by atoms with Crippen molar-refractivity contribution in [1.29, 1.82) is 0 Å². The summed E-state index contributed by atoms with van der Waals surface area (Å²) in [6, 6.07) is 6.74. The highest BCUT2D eigenvalue weighted by atomic mass is 19.3. The van der Waals surface area contributed by atoms with Crippen molar-refractivity contribution in [2.24, 2.45) is 10.7 Å². The van der Waals surface area contributed by atoms with Crippen LogP contribution in [0.1, 0.15) is 25.8 Å². The van der Waals surface area contributed by atoms with Gasteiger partial charge in [-0.2, -0.15) is 8.78 Å². The standard InChI is InChI=1S/C20H20F2N4O3/c1-19(2)10-20(16(27)26(3)18(23)25-20)14-7-11(4-5-15(14)29-19)12-6-13(9-24-8-12)28-17(21)22/h4-9,17H,10H2,1-3H3,(H2,23,25). The number of nitrogens with zero attached hydrogens (tertiary/aromatic N) is 3. The number of ether oxygens (including phenoxy) is 2. The maximum absolute atomic E-state index is 13.1. The van der Waals surface area contributed by atoms with Gasteiger partial charge in [-0.15, -0.1) is 0 Å². The van der Waals surface area contributed by atoms with Gasteiger partial charge < -0.3 is 15.2 Å². The van der Waals surface area contributed by atoms with Crippen LogP contribution >= 0.6 is 0 Å². The van der Waals surface area contributed by atoms with Crippen LogP contribution in [0.15, 0.2) is 41.7 Å². The lowest BCUT2D eigenvalue weighted by atomic mass is 9.77. The zero-order valence-electron chi connectivity index (χ0n) is 16.1. The lowest BCUT2D eigenvalue weighted by Crippen LogP contribution is -2.49. The SMILES string of the molecule is CN1C(=O)C2(CC(C)(C)Oc3ccc(-c4cncc(OC(F)F)c4)cc32)N=C1N. The van der Waals surface area contributed by atoms with Crippen molar-refractivity contribution in [3.63, 3.8) is 0 Å². The topological polar surface area (TPSA) is 90.0 Å². The zero-order chi connectivity index (χ0) is 21.0. The Labute approximate surface area is 166 Å². The van der Waals surface area contributed by atoms with E-state index in [9.17, 15) is 13.6 Å². The number of fused-ring (bicyclic) bond motifs is 2. The fraction of sp³-hybridized carbons (Fsp3) is 0.350. The van der Waals surface area contributed by atoms with E-state index in [1.54, 1.807) is 25.2 Å². The first-order valence-electron chi connectivity index (χ1n) is 8.99. The molecule has 1 atom stereocenters. The Morgan fingerprint density at radius 1 is 1.24 bits per heavy atom. The molecule has 0 saturated carbocycles. The summed E-state index contributed by atoms with van der Waals surface area (Å²) >= 11 is 0. The van der Waals surface area contributed by atoms with Crippen LogP contribution in [-0.4, -0.2) is 41.0 Å². The van der Waals surface area contributed by atoms with Crippen LogP contribution in [0.2, 0.25) is 0 Å². The molecule has 2 N–H and O–H groups in total. The van der Waals surface area contributed by atoms with Crippen molar-refractivity contribution in [3.05, 3.63) is 42.2 Å². The van der Waals surface area contributed by atoms with Gasteiger partial charge in [0.1, 0.15) is 17.1 Å². The van der Waals surface area contributed by atoms with Crippen LogP contribution in [0.25, 0.3) is 11.1 Å². The third-order valence-electron chi connectivity index (χ3n) is 5.07. The Balaban J connectivity index is 1.84. The second-order valence-corrected chi connectivity index (χ2v) is 7.73. The monoisotopic (exact) mass is 402 g/mol. The van der Waals surface area contributed by atoms with Crippen LogP contribution in [0, 0.1) is 0 Å². The second-order valence-electron chi connectivity index (χ2n) is 7.73. The Hall–Kier alpha value is -3.23. The van der Waals surface area contributed by atoms with Crippen molar-refractivity contribution < 1.29 is 23.0 Å². The molecule has 1 unspecified atom stereocenters. The molecule has 4 rings (SSSR count). The van der Waals surface area contributed by atoms with Gasteiger partial charge in [0, 0.05) is 30.8 Å². The summed E-state index contributed by atoms with van der Waals surface area (Å²) in [4.78, 5) is 22.9. The summed E-state index contributed by atoms with van der Waals surface area (Å²) in [7, 11) is 1.58. The molecule has 0 aliphatic carbocycles. The molecular weight excluding hydrogens is 382 g/mol. The quantitative estimate of drug-likeness (QED) is 0.853. The summed E-state index contributed by atoms with van der Waals surface area (Å²) in [5.74, 6) is 0.370. The fourth-order valence-electron chi connectivity index (χ4n) is 3.90. The molecule has 7 nitrogen and oxygen atoms in total. The van der Waals surface area contributed by atoms with Crippen LogP contribution in [0.4, 0.5) is 8.78 Å². The van der Waals surface area contributed by atoms with Crippen molar-refractivity contribution in [1.82, 2.24) is 9.88 Å². The van der Waals surface area contributed by atoms with E-state index in [1.165, 1.54) is 23.4 Å². The van der Waals surface area contributed by atoms with E-state index in [1.807, 2.05) is 13.8 Å². The number of hydrogen-bond acceptors (Lipinski definition) is 6. The van der Waals surface area contributed by atoms with Gasteiger partial charge in [-0.25, -0.2) is 4.99 Å². The molecule has 0 saturated heterocycles. The maximum atomic E-state index is 13.1. The molecule has 0 bridgehead atoms. The normalized spacial score (nSPS) is 22.5. The number of alkyl halides is 2. The molecule has 1 aromatic heterocycles. The molecule has 9 heteroatoms. The number of guanidine groups is 1. The van der Waals surface area contributed by atoms with Crippen LogP contribution in [-0.2, 0) is 10.3 Å². The molecule has 1 amide bonds. The predicted octanol–water partition coefficient (Wildman–Crippen LogP) is 2.89. The summed E-state index contributed by atoms with van der Waals surface area (Å²) in [6.07, 6.45) is 3.05. The minimum absolute atomic E-state index is 0.0544. The highest BCUT2D eigenvalue weighted by molar-refractivity contribution is 6.07. The number of rotatable bonds is 3. The van der Waals surface area contributed by atoms with Gasteiger partial charge in [0.25, 0.3) is 5.91 Å². The lowest BCUT2D eigenvalue weighted by molar-refractivity contribution is -0.133. The fourth-order valence-corrected chi connectivity index (χ4v) is 3.90. The Kier molecular flexibility index (Phi) is 4.21. The van der Waals surface area contributed by atoms with E-state index >= 15 is 0 Å². The Morgan fingerprint density at radius 2 is 2.00 bits per heavy atom. The number of benzene rings is 1. The number of carbonyl (C=O) groups is 1. The lowest BCUT2D eigenvalue weighted by Gasteiger charge is -2.41. The Morgan fingerprint density at radius 3 is 2.66 bits per heavy atom. The number of amides is 1. The van der Waals surface area contributed by atoms with Gasteiger partial charge in [0.2, 0.25) is 0 Å². The van der Waals surface area contributed by atoms with Gasteiger partial charge in [0.05, 0.1) is 6.20 Å². The number of nitrogens with two attached hydrogens (primary N) is 1. The average molecular weight is 402 g/mol. The number of likely N-dealkylation sites (N-methyl/N-ethyl adjacent to an activating group) is 1. The van der Waals surface area contributed by atoms with E-state index < -0.39 is 17.8 Å². The minimum Gasteiger partial charge on any atom is -0.487 e. The predicted molar refractivity (Wildman–Crippen MR) is 102 cm³/mol. The molecule has 2 aliphatic heterocycles. The number of aliphatic imine (C=N–C) groups is 1. The number of pyridine rings is 1. The Bertz CT molecular complexity index is 1020. The molecule has 1 spiro atoms. The van der Waals surface area contributed by atoms with Gasteiger partial charge in [-0.05, 0) is 37.6 Å². The first-order chi connectivity index (χ1) is 13.6. The van der Waals surface area contributed by atoms with Crippen molar-refractivity contribution in [3.8, 4) is 22.6 Å². The smallest absolute Gasteiger partial charge is 0.387 e. The molecular formula is C20H20F2N4O3. The van der Waals surface area contributed by atoms with Gasteiger partial charge in [-0.1, -0.05) is 6.07 Å². The molecule has 2 aromatic rings. The van der Waals surface area contributed by atoms with Crippen LogP contribution in [0.3, 0.4) is 0 Å². The van der Waals surface area contributed by atoms with Gasteiger partial charge in [0.15, 0.2) is 11.5 Å². The molecule has 152 valence electrons. The number of aromatic nitrogens is 1. The summed E-state index contributed by atoms with van der Waals surface area (Å²) in [5.41, 5.74) is 5.92. The van der Waals surface area contributed by atoms with Crippen molar-refractivity contribution in [2.75, 3.05) is 7.05 Å².